The Labute approximate surface area is 141 Å². The number of carbonyl (C=O) groups excluding carboxylic acids is 1. The molecule has 6 heteroatoms. The number of imidazole rings is 1. The van der Waals surface area contributed by atoms with E-state index in [0.29, 0.717) is 11.8 Å². The van der Waals surface area contributed by atoms with Crippen molar-refractivity contribution in [1.82, 2.24) is 24.8 Å². The molecule has 1 aliphatic carbocycles. The number of amides is 1. The summed E-state index contributed by atoms with van der Waals surface area (Å²) < 4.78 is 0. The van der Waals surface area contributed by atoms with Gasteiger partial charge >= 0.3 is 0 Å². The molecule has 0 atom stereocenters. The molecule has 6 nitrogen and oxygen atoms in total. The first-order valence-electron chi connectivity index (χ1n) is 8.92. The monoisotopic (exact) mass is 325 g/mol. The molecule has 0 aromatic carbocycles. The smallest absolute Gasteiger partial charge is 0.225 e. The Morgan fingerprint density at radius 3 is 2.46 bits per heavy atom. The Hall–Kier alpha value is -2.24. The van der Waals surface area contributed by atoms with Gasteiger partial charge in [-0.1, -0.05) is 12.8 Å². The first-order valence-corrected chi connectivity index (χ1v) is 8.92. The Bertz CT molecular complexity index is 685. The molecule has 0 bridgehead atoms. The second-order valence-electron chi connectivity index (χ2n) is 6.81. The third-order valence-electron chi connectivity index (χ3n) is 5.35. The van der Waals surface area contributed by atoms with Gasteiger partial charge in [-0.05, 0) is 25.7 Å². The third kappa shape index (κ3) is 2.92. The van der Waals surface area contributed by atoms with Gasteiger partial charge in [0.05, 0.1) is 5.69 Å². The summed E-state index contributed by atoms with van der Waals surface area (Å²) in [5.41, 5.74) is 1.84. The summed E-state index contributed by atoms with van der Waals surface area (Å²) in [5.74, 6) is 1.75. The van der Waals surface area contributed by atoms with Gasteiger partial charge < -0.3 is 9.88 Å². The summed E-state index contributed by atoms with van der Waals surface area (Å²) >= 11 is 0. The minimum absolute atomic E-state index is 0.275. The van der Waals surface area contributed by atoms with Gasteiger partial charge in [0, 0.05) is 49.7 Å². The van der Waals surface area contributed by atoms with E-state index >= 15 is 0 Å². The second-order valence-corrected chi connectivity index (χ2v) is 6.81. The van der Waals surface area contributed by atoms with Gasteiger partial charge in [0.1, 0.15) is 5.69 Å². The molecule has 3 heterocycles. The highest BCUT2D eigenvalue weighted by atomic mass is 16.2. The lowest BCUT2D eigenvalue weighted by Crippen LogP contribution is -2.41. The van der Waals surface area contributed by atoms with Crippen molar-refractivity contribution in [3.63, 3.8) is 0 Å². The molecule has 2 aromatic rings. The van der Waals surface area contributed by atoms with Crippen molar-refractivity contribution < 1.29 is 4.79 Å². The number of hydrogen-bond acceptors (Lipinski definition) is 4. The SMILES string of the molecule is O=C(C1CCCC1)N1CCC(c2nccnc2-c2ncc[nH]2)CC1. The van der Waals surface area contributed by atoms with Gasteiger partial charge in [0.2, 0.25) is 5.91 Å². The summed E-state index contributed by atoms with van der Waals surface area (Å²) in [7, 11) is 0. The number of carbonyl (C=O) groups is 1. The van der Waals surface area contributed by atoms with Crippen molar-refractivity contribution in [1.29, 1.82) is 0 Å². The number of H-pyrrole nitrogens is 1. The van der Waals surface area contributed by atoms with Crippen LogP contribution in [0, 0.1) is 5.92 Å². The largest absolute Gasteiger partial charge is 0.343 e. The van der Waals surface area contributed by atoms with Crippen LogP contribution in [0.15, 0.2) is 24.8 Å². The van der Waals surface area contributed by atoms with Gasteiger partial charge in [-0.15, -0.1) is 0 Å². The van der Waals surface area contributed by atoms with Gasteiger partial charge in [-0.3, -0.25) is 9.78 Å². The van der Waals surface area contributed by atoms with E-state index in [2.05, 4.69) is 24.8 Å². The van der Waals surface area contributed by atoms with Gasteiger partial charge in [-0.2, -0.15) is 0 Å². The zero-order chi connectivity index (χ0) is 16.4. The molecular formula is C18H23N5O. The Morgan fingerprint density at radius 1 is 1.00 bits per heavy atom. The fraction of sp³-hybridized carbons (Fsp3) is 0.556. The fourth-order valence-corrected chi connectivity index (χ4v) is 4.03. The average molecular weight is 325 g/mol. The van der Waals surface area contributed by atoms with E-state index in [1.54, 1.807) is 24.8 Å². The Morgan fingerprint density at radius 2 is 1.75 bits per heavy atom. The maximum absolute atomic E-state index is 12.6. The molecule has 1 saturated heterocycles. The van der Waals surface area contributed by atoms with Crippen LogP contribution >= 0.6 is 0 Å². The van der Waals surface area contributed by atoms with E-state index < -0.39 is 0 Å². The molecule has 4 rings (SSSR count). The first kappa shape index (κ1) is 15.3. The number of aromatic nitrogens is 4. The molecule has 2 fully saturated rings. The standard InChI is InChI=1S/C18H23N5O/c24-18(14-3-1-2-4-14)23-11-5-13(6-12-23)15-16(20-8-7-19-15)17-21-9-10-22-17/h7-10,13-14H,1-6,11-12H2,(H,21,22). The number of hydrogen-bond donors (Lipinski definition) is 1. The van der Waals surface area contributed by atoms with E-state index in [4.69, 9.17) is 0 Å². The molecule has 126 valence electrons. The lowest BCUT2D eigenvalue weighted by molar-refractivity contribution is -0.136. The maximum Gasteiger partial charge on any atom is 0.225 e. The van der Waals surface area contributed by atoms with Crippen LogP contribution in [0.5, 0.6) is 0 Å². The summed E-state index contributed by atoms with van der Waals surface area (Å²) in [5, 5.41) is 0. The van der Waals surface area contributed by atoms with Crippen molar-refractivity contribution in [2.24, 2.45) is 5.92 Å². The minimum Gasteiger partial charge on any atom is -0.343 e. The van der Waals surface area contributed by atoms with Gasteiger partial charge in [-0.25, -0.2) is 9.97 Å². The molecule has 24 heavy (non-hydrogen) atoms. The van der Waals surface area contributed by atoms with Crippen molar-refractivity contribution in [2.45, 2.75) is 44.4 Å². The molecule has 0 radical (unpaired) electrons. The Balaban J connectivity index is 1.46. The summed E-state index contributed by atoms with van der Waals surface area (Å²) in [6, 6.07) is 0. The molecule has 2 aromatic heterocycles. The molecule has 2 aliphatic rings. The molecule has 1 saturated carbocycles. The van der Waals surface area contributed by atoms with E-state index in [1.165, 1.54) is 12.8 Å². The van der Waals surface area contributed by atoms with Crippen molar-refractivity contribution in [3.05, 3.63) is 30.5 Å². The molecular weight excluding hydrogens is 302 g/mol. The lowest BCUT2D eigenvalue weighted by Gasteiger charge is -2.33. The van der Waals surface area contributed by atoms with Crippen molar-refractivity contribution in [2.75, 3.05) is 13.1 Å². The lowest BCUT2D eigenvalue weighted by atomic mass is 9.91. The molecule has 0 unspecified atom stereocenters. The van der Waals surface area contributed by atoms with Gasteiger partial charge in [0.25, 0.3) is 0 Å². The number of rotatable bonds is 3. The van der Waals surface area contributed by atoms with Crippen LogP contribution in [0.1, 0.15) is 50.1 Å². The number of nitrogens with zero attached hydrogens (tertiary/aromatic N) is 4. The van der Waals surface area contributed by atoms with E-state index in [0.717, 1.165) is 56.0 Å². The highest BCUT2D eigenvalue weighted by molar-refractivity contribution is 5.79. The average Bonchev–Trinajstić information content (AvgIpc) is 3.35. The second kappa shape index (κ2) is 6.71. The highest BCUT2D eigenvalue weighted by Gasteiger charge is 2.31. The van der Waals surface area contributed by atoms with Crippen LogP contribution in [0.3, 0.4) is 0 Å². The normalized spacial score (nSPS) is 19.8. The minimum atomic E-state index is 0.275. The zero-order valence-electron chi connectivity index (χ0n) is 13.8. The molecule has 1 N–H and O–H groups in total. The van der Waals surface area contributed by atoms with Crippen LogP contribution < -0.4 is 0 Å². The topological polar surface area (TPSA) is 74.8 Å². The first-order chi connectivity index (χ1) is 11.8. The van der Waals surface area contributed by atoms with E-state index in [-0.39, 0.29) is 5.92 Å². The van der Waals surface area contributed by atoms with Crippen LogP contribution in [0.25, 0.3) is 11.5 Å². The summed E-state index contributed by atoms with van der Waals surface area (Å²) in [6.45, 7) is 1.66. The van der Waals surface area contributed by atoms with Crippen molar-refractivity contribution in [3.8, 4) is 11.5 Å². The van der Waals surface area contributed by atoms with Crippen LogP contribution in [-0.4, -0.2) is 43.8 Å². The summed E-state index contributed by atoms with van der Waals surface area (Å²) in [4.78, 5) is 31.1. The highest BCUT2D eigenvalue weighted by Crippen LogP contribution is 2.33. The summed E-state index contributed by atoms with van der Waals surface area (Å²) in [6.07, 6.45) is 13.5. The molecule has 0 spiro atoms. The molecule has 1 amide bonds. The van der Waals surface area contributed by atoms with Crippen molar-refractivity contribution >= 4 is 5.91 Å². The van der Waals surface area contributed by atoms with Crippen LogP contribution in [0.2, 0.25) is 0 Å². The number of nitrogens with one attached hydrogen (secondary N) is 1. The predicted molar refractivity (Wildman–Crippen MR) is 90.1 cm³/mol. The number of likely N-dealkylation sites (tertiary alicyclic amines) is 1. The Kier molecular flexibility index (Phi) is 4.28. The zero-order valence-corrected chi connectivity index (χ0v) is 13.8. The molecule has 1 aliphatic heterocycles. The van der Waals surface area contributed by atoms with Crippen LogP contribution in [0.4, 0.5) is 0 Å². The quantitative estimate of drug-likeness (QED) is 0.941. The van der Waals surface area contributed by atoms with E-state index in [1.807, 2.05) is 0 Å². The maximum atomic E-state index is 12.6. The number of piperidine rings is 1. The third-order valence-corrected chi connectivity index (χ3v) is 5.35. The van der Waals surface area contributed by atoms with Gasteiger partial charge in [0.15, 0.2) is 5.82 Å². The number of aromatic amines is 1. The van der Waals surface area contributed by atoms with Crippen LogP contribution in [-0.2, 0) is 4.79 Å². The van der Waals surface area contributed by atoms with E-state index in [9.17, 15) is 4.79 Å². The predicted octanol–water partition coefficient (Wildman–Crippen LogP) is 2.76. The fourth-order valence-electron chi connectivity index (χ4n) is 4.03.